The Kier molecular flexibility index (Phi) is 3.47. The lowest BCUT2D eigenvalue weighted by atomic mass is 10.1. The fourth-order valence-corrected chi connectivity index (χ4v) is 2.25. The number of fused-ring (bicyclic) bond motifs is 1. The molecule has 3 rings (SSSR count). The van der Waals surface area contributed by atoms with Gasteiger partial charge >= 0.3 is 0 Å². The Morgan fingerprint density at radius 1 is 1.05 bits per heavy atom. The van der Waals surface area contributed by atoms with Crippen LogP contribution in [0.25, 0.3) is 22.3 Å². The maximum atomic E-state index is 12.1. The highest BCUT2D eigenvalue weighted by atomic mass is 16.2. The summed E-state index contributed by atoms with van der Waals surface area (Å²) >= 11 is 0. The molecule has 0 aliphatic carbocycles. The first kappa shape index (κ1) is 14.0. The van der Waals surface area contributed by atoms with Crippen molar-refractivity contribution in [2.45, 2.75) is 0 Å². The van der Waals surface area contributed by atoms with Gasteiger partial charge in [-0.2, -0.15) is 0 Å². The summed E-state index contributed by atoms with van der Waals surface area (Å²) < 4.78 is 0. The molecule has 0 saturated heterocycles. The predicted molar refractivity (Wildman–Crippen MR) is 85.8 cm³/mol. The van der Waals surface area contributed by atoms with Gasteiger partial charge in [-0.25, -0.2) is 4.98 Å². The number of aromatic amines is 1. The van der Waals surface area contributed by atoms with E-state index in [2.05, 4.69) is 9.97 Å². The lowest BCUT2D eigenvalue weighted by molar-refractivity contribution is 0.0827. The zero-order chi connectivity index (χ0) is 15.7. The van der Waals surface area contributed by atoms with Gasteiger partial charge in [0.2, 0.25) is 0 Å². The summed E-state index contributed by atoms with van der Waals surface area (Å²) in [5.74, 6) is 0.430. The van der Waals surface area contributed by atoms with E-state index in [-0.39, 0.29) is 11.5 Å². The number of nitrogens with one attached hydrogen (secondary N) is 1. The van der Waals surface area contributed by atoms with Crippen LogP contribution in [0.4, 0.5) is 0 Å². The van der Waals surface area contributed by atoms with Gasteiger partial charge in [0, 0.05) is 25.2 Å². The van der Waals surface area contributed by atoms with E-state index in [0.29, 0.717) is 22.3 Å². The molecule has 5 heteroatoms. The molecule has 0 aliphatic heterocycles. The molecule has 0 atom stereocenters. The molecule has 1 heterocycles. The van der Waals surface area contributed by atoms with E-state index in [9.17, 15) is 9.59 Å². The Labute approximate surface area is 127 Å². The van der Waals surface area contributed by atoms with Crippen molar-refractivity contribution in [2.75, 3.05) is 14.1 Å². The number of hydrogen-bond acceptors (Lipinski definition) is 3. The van der Waals surface area contributed by atoms with Crippen LogP contribution < -0.4 is 5.56 Å². The second-order valence-electron chi connectivity index (χ2n) is 5.21. The van der Waals surface area contributed by atoms with Crippen molar-refractivity contribution in [2.24, 2.45) is 0 Å². The summed E-state index contributed by atoms with van der Waals surface area (Å²) in [6.45, 7) is 0. The van der Waals surface area contributed by atoms with Gasteiger partial charge in [-0.05, 0) is 24.3 Å². The zero-order valence-electron chi connectivity index (χ0n) is 12.3. The predicted octanol–water partition coefficient (Wildman–Crippen LogP) is 2.29. The molecule has 1 amide bonds. The lowest BCUT2D eigenvalue weighted by Gasteiger charge is -2.10. The van der Waals surface area contributed by atoms with Crippen LogP contribution in [0, 0.1) is 0 Å². The highest BCUT2D eigenvalue weighted by Gasteiger charge is 2.09. The van der Waals surface area contributed by atoms with Crippen molar-refractivity contribution in [1.82, 2.24) is 14.9 Å². The molecule has 0 fully saturated rings. The van der Waals surface area contributed by atoms with Crippen molar-refractivity contribution >= 4 is 16.8 Å². The Morgan fingerprint density at radius 3 is 2.41 bits per heavy atom. The molecular formula is C17H15N3O2. The highest BCUT2D eigenvalue weighted by molar-refractivity contribution is 5.94. The molecule has 5 nitrogen and oxygen atoms in total. The molecule has 0 spiro atoms. The number of rotatable bonds is 2. The quantitative estimate of drug-likeness (QED) is 0.788. The third-order valence-corrected chi connectivity index (χ3v) is 3.42. The van der Waals surface area contributed by atoms with Crippen LogP contribution in [-0.2, 0) is 0 Å². The largest absolute Gasteiger partial charge is 0.345 e. The standard InChI is InChI=1S/C17H15N3O2/c1-20(2)17(22)12-9-7-11(8-10-12)15-18-14-6-4-3-5-13(14)16(21)19-15/h3-10H,1-2H3,(H,18,19,21). The summed E-state index contributed by atoms with van der Waals surface area (Å²) in [6.07, 6.45) is 0. The molecule has 0 aliphatic rings. The number of carbonyl (C=O) groups excluding carboxylic acids is 1. The van der Waals surface area contributed by atoms with Crippen molar-refractivity contribution in [3.8, 4) is 11.4 Å². The second-order valence-corrected chi connectivity index (χ2v) is 5.21. The lowest BCUT2D eigenvalue weighted by Crippen LogP contribution is -2.21. The normalized spacial score (nSPS) is 10.6. The van der Waals surface area contributed by atoms with E-state index in [0.717, 1.165) is 5.56 Å². The van der Waals surface area contributed by atoms with Gasteiger partial charge in [-0.3, -0.25) is 9.59 Å². The van der Waals surface area contributed by atoms with Crippen LogP contribution >= 0.6 is 0 Å². The van der Waals surface area contributed by atoms with Gasteiger partial charge in [0.15, 0.2) is 0 Å². The summed E-state index contributed by atoms with van der Waals surface area (Å²) in [4.78, 5) is 32.7. The number of amides is 1. The van der Waals surface area contributed by atoms with Gasteiger partial charge in [-0.1, -0.05) is 24.3 Å². The second kappa shape index (κ2) is 5.44. The fourth-order valence-electron chi connectivity index (χ4n) is 2.25. The topological polar surface area (TPSA) is 66.1 Å². The van der Waals surface area contributed by atoms with Crippen LogP contribution in [0.3, 0.4) is 0 Å². The molecule has 2 aromatic carbocycles. The Balaban J connectivity index is 2.05. The maximum Gasteiger partial charge on any atom is 0.259 e. The molecule has 0 unspecified atom stereocenters. The maximum absolute atomic E-state index is 12.1. The number of para-hydroxylation sites is 1. The Morgan fingerprint density at radius 2 is 1.73 bits per heavy atom. The van der Waals surface area contributed by atoms with Gasteiger partial charge in [0.1, 0.15) is 5.82 Å². The minimum Gasteiger partial charge on any atom is -0.345 e. The van der Waals surface area contributed by atoms with E-state index in [4.69, 9.17) is 0 Å². The first-order chi connectivity index (χ1) is 10.6. The zero-order valence-corrected chi connectivity index (χ0v) is 12.3. The van der Waals surface area contributed by atoms with Crippen molar-refractivity contribution in [1.29, 1.82) is 0 Å². The number of benzene rings is 2. The van der Waals surface area contributed by atoms with Crippen LogP contribution in [0.5, 0.6) is 0 Å². The first-order valence-corrected chi connectivity index (χ1v) is 6.87. The van der Waals surface area contributed by atoms with Gasteiger partial charge in [-0.15, -0.1) is 0 Å². The van der Waals surface area contributed by atoms with E-state index in [1.165, 1.54) is 4.90 Å². The number of carbonyl (C=O) groups is 1. The molecule has 0 saturated carbocycles. The van der Waals surface area contributed by atoms with E-state index in [1.807, 2.05) is 6.07 Å². The van der Waals surface area contributed by atoms with Gasteiger partial charge in [0.05, 0.1) is 10.9 Å². The first-order valence-electron chi connectivity index (χ1n) is 6.87. The Bertz CT molecular complexity index is 896. The average Bonchev–Trinajstić information content (AvgIpc) is 2.54. The monoisotopic (exact) mass is 293 g/mol. The van der Waals surface area contributed by atoms with Crippen molar-refractivity contribution in [3.63, 3.8) is 0 Å². The molecule has 22 heavy (non-hydrogen) atoms. The molecule has 1 aromatic heterocycles. The van der Waals surface area contributed by atoms with Crippen molar-refractivity contribution < 1.29 is 4.79 Å². The molecule has 3 aromatic rings. The molecule has 0 bridgehead atoms. The molecule has 1 N–H and O–H groups in total. The fraction of sp³-hybridized carbons (Fsp3) is 0.118. The van der Waals surface area contributed by atoms with Crippen LogP contribution in [0.2, 0.25) is 0 Å². The van der Waals surface area contributed by atoms with Gasteiger partial charge in [0.25, 0.3) is 11.5 Å². The summed E-state index contributed by atoms with van der Waals surface area (Å²) in [5, 5.41) is 0.561. The SMILES string of the molecule is CN(C)C(=O)c1ccc(-c2nc3ccccc3c(=O)[nH]2)cc1. The van der Waals surface area contributed by atoms with E-state index >= 15 is 0 Å². The van der Waals surface area contributed by atoms with E-state index < -0.39 is 0 Å². The number of hydrogen-bond donors (Lipinski definition) is 1. The highest BCUT2D eigenvalue weighted by Crippen LogP contribution is 2.17. The van der Waals surface area contributed by atoms with Gasteiger partial charge < -0.3 is 9.88 Å². The smallest absolute Gasteiger partial charge is 0.259 e. The third-order valence-electron chi connectivity index (χ3n) is 3.42. The summed E-state index contributed by atoms with van der Waals surface area (Å²) in [5.41, 5.74) is 1.83. The molecule has 0 radical (unpaired) electrons. The van der Waals surface area contributed by atoms with Crippen LogP contribution in [-0.4, -0.2) is 34.9 Å². The number of nitrogens with zero attached hydrogens (tertiary/aromatic N) is 2. The summed E-state index contributed by atoms with van der Waals surface area (Å²) in [6, 6.07) is 14.2. The number of H-pyrrole nitrogens is 1. The van der Waals surface area contributed by atoms with Crippen LogP contribution in [0.1, 0.15) is 10.4 Å². The van der Waals surface area contributed by atoms with Crippen LogP contribution in [0.15, 0.2) is 53.3 Å². The summed E-state index contributed by atoms with van der Waals surface area (Å²) in [7, 11) is 3.41. The molecular weight excluding hydrogens is 278 g/mol. The minimum absolute atomic E-state index is 0.0634. The minimum atomic E-state index is -0.172. The van der Waals surface area contributed by atoms with Crippen molar-refractivity contribution in [3.05, 3.63) is 64.4 Å². The Hall–Kier alpha value is -2.95. The third kappa shape index (κ3) is 2.48. The van der Waals surface area contributed by atoms with E-state index in [1.54, 1.807) is 56.6 Å². The molecule has 110 valence electrons. The average molecular weight is 293 g/mol. The number of aromatic nitrogens is 2.